The van der Waals surface area contributed by atoms with Crippen molar-refractivity contribution in [2.24, 2.45) is 5.92 Å². The van der Waals surface area contributed by atoms with Gasteiger partial charge in [-0.2, -0.15) is 0 Å². The Morgan fingerprint density at radius 3 is 2.54 bits per heavy atom. The van der Waals surface area contributed by atoms with E-state index < -0.39 is 0 Å². The van der Waals surface area contributed by atoms with E-state index in [1.807, 2.05) is 59.5 Å². The summed E-state index contributed by atoms with van der Waals surface area (Å²) in [5.74, 6) is -0.162. The minimum absolute atomic E-state index is 0.0473. The molecule has 1 atom stereocenters. The summed E-state index contributed by atoms with van der Waals surface area (Å²) in [5, 5.41) is 3.66. The minimum Gasteiger partial charge on any atom is -0.356 e. The number of carbonyl (C=O) groups is 2. The number of carbonyl (C=O) groups excluding carboxylic acids is 2. The zero-order valence-electron chi connectivity index (χ0n) is 16.1. The molecule has 148 valence electrons. The lowest BCUT2D eigenvalue weighted by molar-refractivity contribution is -0.138. The number of nitrogens with one attached hydrogen (secondary N) is 1. The van der Waals surface area contributed by atoms with Gasteiger partial charge in [0.1, 0.15) is 0 Å². The molecular weight excluding hydrogens is 372 g/mol. The van der Waals surface area contributed by atoms with Gasteiger partial charge in [0.25, 0.3) is 0 Å². The topological polar surface area (TPSA) is 49.4 Å². The third-order valence-electron chi connectivity index (χ3n) is 5.19. The molecule has 0 aliphatic carbocycles. The quantitative estimate of drug-likeness (QED) is 0.759. The molecule has 0 bridgehead atoms. The van der Waals surface area contributed by atoms with E-state index in [2.05, 4.69) is 5.32 Å². The van der Waals surface area contributed by atoms with Crippen LogP contribution in [0.1, 0.15) is 36.8 Å². The molecule has 4 nitrogen and oxygen atoms in total. The number of rotatable bonds is 7. The maximum absolute atomic E-state index is 12.9. The Morgan fingerprint density at radius 2 is 1.79 bits per heavy atom. The molecule has 3 rings (SSSR count). The van der Waals surface area contributed by atoms with Crippen LogP contribution in [0.25, 0.3) is 0 Å². The molecule has 1 aliphatic heterocycles. The summed E-state index contributed by atoms with van der Waals surface area (Å²) < 4.78 is 0. The molecule has 5 heteroatoms. The van der Waals surface area contributed by atoms with Crippen LogP contribution in [0.2, 0.25) is 5.02 Å². The van der Waals surface area contributed by atoms with Crippen LogP contribution in [-0.4, -0.2) is 29.8 Å². The van der Waals surface area contributed by atoms with E-state index in [1.165, 1.54) is 0 Å². The van der Waals surface area contributed by atoms with E-state index in [9.17, 15) is 9.59 Å². The van der Waals surface area contributed by atoms with Crippen LogP contribution in [0.3, 0.4) is 0 Å². The van der Waals surface area contributed by atoms with Crippen molar-refractivity contribution >= 4 is 23.4 Å². The van der Waals surface area contributed by atoms with Gasteiger partial charge in [0.05, 0.1) is 0 Å². The third kappa shape index (κ3) is 6.10. The zero-order valence-corrected chi connectivity index (χ0v) is 16.8. The largest absolute Gasteiger partial charge is 0.356 e. The normalized spacial score (nSPS) is 17.2. The fourth-order valence-electron chi connectivity index (χ4n) is 3.63. The van der Waals surface area contributed by atoms with Gasteiger partial charge in [0.15, 0.2) is 0 Å². The number of halogens is 1. The highest BCUT2D eigenvalue weighted by Gasteiger charge is 2.28. The molecule has 2 aromatic carbocycles. The smallest absolute Gasteiger partial charge is 0.226 e. The SMILES string of the molecule is O=C(CC1CCCCN(Cc2ccccc2)C1=O)NCCc1ccc(Cl)cc1. The van der Waals surface area contributed by atoms with Gasteiger partial charge >= 0.3 is 0 Å². The number of amides is 2. The Hall–Kier alpha value is -2.33. The number of nitrogens with zero attached hydrogens (tertiary/aromatic N) is 1. The molecule has 2 amide bonds. The van der Waals surface area contributed by atoms with Crippen LogP contribution in [0, 0.1) is 5.92 Å². The zero-order chi connectivity index (χ0) is 19.8. The molecule has 2 aromatic rings. The highest BCUT2D eigenvalue weighted by Crippen LogP contribution is 2.22. The lowest BCUT2D eigenvalue weighted by atomic mass is 9.98. The van der Waals surface area contributed by atoms with Crippen LogP contribution in [0.4, 0.5) is 0 Å². The minimum atomic E-state index is -0.221. The van der Waals surface area contributed by atoms with Crippen LogP contribution < -0.4 is 5.32 Å². The van der Waals surface area contributed by atoms with E-state index in [4.69, 9.17) is 11.6 Å². The molecule has 0 spiro atoms. The van der Waals surface area contributed by atoms with Crippen LogP contribution in [-0.2, 0) is 22.6 Å². The van der Waals surface area contributed by atoms with Crippen molar-refractivity contribution in [3.05, 3.63) is 70.7 Å². The highest BCUT2D eigenvalue weighted by atomic mass is 35.5. The van der Waals surface area contributed by atoms with Crippen molar-refractivity contribution in [2.75, 3.05) is 13.1 Å². The van der Waals surface area contributed by atoms with Crippen LogP contribution in [0.5, 0.6) is 0 Å². The number of likely N-dealkylation sites (tertiary alicyclic amines) is 1. The maximum atomic E-state index is 12.9. The second-order valence-electron chi connectivity index (χ2n) is 7.37. The van der Waals surface area contributed by atoms with E-state index in [-0.39, 0.29) is 24.2 Å². The summed E-state index contributed by atoms with van der Waals surface area (Å²) in [6, 6.07) is 17.7. The van der Waals surface area contributed by atoms with Gasteiger partial charge in [-0.1, -0.05) is 60.5 Å². The van der Waals surface area contributed by atoms with Gasteiger partial charge in [-0.25, -0.2) is 0 Å². The van der Waals surface area contributed by atoms with Crippen molar-refractivity contribution in [1.29, 1.82) is 0 Å². The molecule has 0 radical (unpaired) electrons. The number of benzene rings is 2. The molecule has 1 unspecified atom stereocenters. The Morgan fingerprint density at radius 1 is 1.04 bits per heavy atom. The molecule has 0 saturated carbocycles. The summed E-state index contributed by atoms with van der Waals surface area (Å²) in [5.41, 5.74) is 2.26. The monoisotopic (exact) mass is 398 g/mol. The van der Waals surface area contributed by atoms with E-state index in [0.29, 0.717) is 18.1 Å². The average Bonchev–Trinajstić information content (AvgIpc) is 2.86. The number of hydrogen-bond acceptors (Lipinski definition) is 2. The molecule has 1 N–H and O–H groups in total. The Bertz CT molecular complexity index is 777. The Kier molecular flexibility index (Phi) is 7.49. The molecule has 1 saturated heterocycles. The average molecular weight is 399 g/mol. The molecule has 1 heterocycles. The first-order chi connectivity index (χ1) is 13.6. The summed E-state index contributed by atoms with van der Waals surface area (Å²) in [6.07, 6.45) is 3.79. The van der Waals surface area contributed by atoms with Gasteiger partial charge in [-0.05, 0) is 42.5 Å². The maximum Gasteiger partial charge on any atom is 0.226 e. The fourth-order valence-corrected chi connectivity index (χ4v) is 3.75. The summed E-state index contributed by atoms with van der Waals surface area (Å²) >= 11 is 5.89. The van der Waals surface area contributed by atoms with Crippen LogP contribution >= 0.6 is 11.6 Å². The van der Waals surface area contributed by atoms with E-state index in [0.717, 1.165) is 43.4 Å². The van der Waals surface area contributed by atoms with Crippen LogP contribution in [0.15, 0.2) is 54.6 Å². The highest BCUT2D eigenvalue weighted by molar-refractivity contribution is 6.30. The third-order valence-corrected chi connectivity index (χ3v) is 5.44. The molecule has 1 aliphatic rings. The van der Waals surface area contributed by atoms with Crippen molar-refractivity contribution in [2.45, 2.75) is 38.6 Å². The summed E-state index contributed by atoms with van der Waals surface area (Å²) in [4.78, 5) is 27.2. The summed E-state index contributed by atoms with van der Waals surface area (Å²) in [6.45, 7) is 1.95. The predicted molar refractivity (Wildman–Crippen MR) is 112 cm³/mol. The first-order valence-corrected chi connectivity index (χ1v) is 10.3. The second-order valence-corrected chi connectivity index (χ2v) is 7.81. The van der Waals surface area contributed by atoms with Crippen molar-refractivity contribution in [3.63, 3.8) is 0 Å². The molecular formula is C23H27ClN2O2. The lowest BCUT2D eigenvalue weighted by Crippen LogP contribution is -2.37. The van der Waals surface area contributed by atoms with Gasteiger partial charge in [0.2, 0.25) is 11.8 Å². The predicted octanol–water partition coefficient (Wildman–Crippen LogP) is 4.22. The lowest BCUT2D eigenvalue weighted by Gasteiger charge is -2.24. The molecule has 1 fully saturated rings. The van der Waals surface area contributed by atoms with E-state index >= 15 is 0 Å². The van der Waals surface area contributed by atoms with Gasteiger partial charge in [-0.3, -0.25) is 9.59 Å². The molecule has 28 heavy (non-hydrogen) atoms. The second kappa shape index (κ2) is 10.3. The first kappa shape index (κ1) is 20.4. The van der Waals surface area contributed by atoms with Gasteiger partial charge in [0, 0.05) is 37.0 Å². The van der Waals surface area contributed by atoms with Gasteiger partial charge in [-0.15, -0.1) is 0 Å². The van der Waals surface area contributed by atoms with Crippen molar-refractivity contribution in [3.8, 4) is 0 Å². The number of hydrogen-bond donors (Lipinski definition) is 1. The van der Waals surface area contributed by atoms with Crippen molar-refractivity contribution in [1.82, 2.24) is 10.2 Å². The summed E-state index contributed by atoms with van der Waals surface area (Å²) in [7, 11) is 0. The van der Waals surface area contributed by atoms with Crippen molar-refractivity contribution < 1.29 is 9.59 Å². The standard InChI is InChI=1S/C23H27ClN2O2/c24-21-11-9-18(10-12-21)13-14-25-22(27)16-20-8-4-5-15-26(23(20)28)17-19-6-2-1-3-7-19/h1-3,6-7,9-12,20H,4-5,8,13-17H2,(H,25,27). The Balaban J connectivity index is 1.49. The first-order valence-electron chi connectivity index (χ1n) is 9.95. The fraction of sp³-hybridized carbons (Fsp3) is 0.391. The molecule has 0 aromatic heterocycles. The van der Waals surface area contributed by atoms with E-state index in [1.54, 1.807) is 0 Å². The Labute approximate surface area is 171 Å². The van der Waals surface area contributed by atoms with Gasteiger partial charge < -0.3 is 10.2 Å².